The van der Waals surface area contributed by atoms with Gasteiger partial charge in [-0.2, -0.15) is 0 Å². The highest BCUT2D eigenvalue weighted by molar-refractivity contribution is 5.39. The summed E-state index contributed by atoms with van der Waals surface area (Å²) in [7, 11) is 0. The Balaban J connectivity index is 1.92. The second-order valence-corrected chi connectivity index (χ2v) is 5.24. The maximum absolute atomic E-state index is 13.2. The van der Waals surface area contributed by atoms with Crippen molar-refractivity contribution in [2.24, 2.45) is 5.73 Å². The molecule has 3 nitrogen and oxygen atoms in total. The Labute approximate surface area is 106 Å². The van der Waals surface area contributed by atoms with Gasteiger partial charge in [-0.25, -0.2) is 4.39 Å². The first-order chi connectivity index (χ1) is 8.69. The molecule has 2 atom stereocenters. The van der Waals surface area contributed by atoms with Crippen LogP contribution in [0.25, 0.3) is 0 Å². The van der Waals surface area contributed by atoms with Gasteiger partial charge in [-0.15, -0.1) is 0 Å². The number of fused-ring (bicyclic) bond motifs is 1. The molecule has 98 valence electrons. The SMILES string of the molecule is N[C@H]1CC2(CCCOCC2)Oc2ccc(F)cc21. The van der Waals surface area contributed by atoms with Gasteiger partial charge < -0.3 is 15.2 Å². The van der Waals surface area contributed by atoms with Crippen LogP contribution in [0.4, 0.5) is 4.39 Å². The van der Waals surface area contributed by atoms with E-state index in [4.69, 9.17) is 15.2 Å². The van der Waals surface area contributed by atoms with E-state index in [-0.39, 0.29) is 17.5 Å². The molecule has 3 rings (SSSR count). The molecule has 0 aliphatic carbocycles. The lowest BCUT2D eigenvalue weighted by atomic mass is 9.82. The molecule has 1 spiro atoms. The minimum atomic E-state index is -0.257. The van der Waals surface area contributed by atoms with E-state index in [1.165, 1.54) is 12.1 Å². The summed E-state index contributed by atoms with van der Waals surface area (Å²) >= 11 is 0. The Hall–Kier alpha value is -1.13. The summed E-state index contributed by atoms with van der Waals surface area (Å²) in [4.78, 5) is 0. The van der Waals surface area contributed by atoms with Crippen LogP contribution >= 0.6 is 0 Å². The van der Waals surface area contributed by atoms with Gasteiger partial charge >= 0.3 is 0 Å². The smallest absolute Gasteiger partial charge is 0.125 e. The van der Waals surface area contributed by atoms with Gasteiger partial charge in [0.2, 0.25) is 0 Å². The van der Waals surface area contributed by atoms with Gasteiger partial charge in [0.1, 0.15) is 17.2 Å². The van der Waals surface area contributed by atoms with Crippen LogP contribution in [-0.4, -0.2) is 18.8 Å². The predicted octanol–water partition coefficient (Wildman–Crippen LogP) is 2.55. The van der Waals surface area contributed by atoms with Gasteiger partial charge in [0.15, 0.2) is 0 Å². The number of hydrogen-bond acceptors (Lipinski definition) is 3. The van der Waals surface area contributed by atoms with Crippen LogP contribution in [0.3, 0.4) is 0 Å². The van der Waals surface area contributed by atoms with E-state index in [0.29, 0.717) is 6.61 Å². The molecule has 1 aromatic rings. The molecule has 2 aliphatic rings. The summed E-state index contributed by atoms with van der Waals surface area (Å²) in [5.41, 5.74) is 6.75. The van der Waals surface area contributed by atoms with E-state index in [9.17, 15) is 4.39 Å². The third-order valence-electron chi connectivity index (χ3n) is 3.91. The fourth-order valence-electron chi connectivity index (χ4n) is 2.98. The first-order valence-electron chi connectivity index (χ1n) is 6.50. The Kier molecular flexibility index (Phi) is 2.99. The zero-order chi connectivity index (χ0) is 12.6. The van der Waals surface area contributed by atoms with E-state index in [2.05, 4.69) is 0 Å². The molecule has 2 N–H and O–H groups in total. The number of rotatable bonds is 0. The van der Waals surface area contributed by atoms with Crippen molar-refractivity contribution in [3.8, 4) is 5.75 Å². The highest BCUT2D eigenvalue weighted by atomic mass is 19.1. The maximum atomic E-state index is 13.2. The fraction of sp³-hybridized carbons (Fsp3) is 0.571. The van der Waals surface area contributed by atoms with Gasteiger partial charge in [-0.3, -0.25) is 0 Å². The highest BCUT2D eigenvalue weighted by Gasteiger charge is 2.40. The van der Waals surface area contributed by atoms with Crippen molar-refractivity contribution in [2.45, 2.75) is 37.3 Å². The predicted molar refractivity (Wildman–Crippen MR) is 66.0 cm³/mol. The summed E-state index contributed by atoms with van der Waals surface area (Å²) in [6.45, 7) is 1.50. The first-order valence-corrected chi connectivity index (χ1v) is 6.50. The summed E-state index contributed by atoms with van der Waals surface area (Å²) in [6, 6.07) is 4.46. The average Bonchev–Trinajstić information content (AvgIpc) is 2.56. The molecule has 1 aromatic carbocycles. The number of hydrogen-bond donors (Lipinski definition) is 1. The molecule has 2 heterocycles. The molecule has 0 amide bonds. The topological polar surface area (TPSA) is 44.5 Å². The van der Waals surface area contributed by atoms with E-state index in [0.717, 1.165) is 43.6 Å². The highest BCUT2D eigenvalue weighted by Crippen LogP contribution is 2.43. The lowest BCUT2D eigenvalue weighted by Gasteiger charge is -2.40. The quantitative estimate of drug-likeness (QED) is 0.770. The molecule has 0 aromatic heterocycles. The molecule has 2 aliphatic heterocycles. The lowest BCUT2D eigenvalue weighted by molar-refractivity contribution is 0.0154. The normalized spacial score (nSPS) is 31.6. The van der Waals surface area contributed by atoms with Crippen molar-refractivity contribution in [1.82, 2.24) is 0 Å². The van der Waals surface area contributed by atoms with Crippen molar-refractivity contribution in [3.05, 3.63) is 29.6 Å². The molecule has 18 heavy (non-hydrogen) atoms. The van der Waals surface area contributed by atoms with Gasteiger partial charge in [0, 0.05) is 31.1 Å². The largest absolute Gasteiger partial charge is 0.487 e. The Bertz CT molecular complexity index is 441. The summed E-state index contributed by atoms with van der Waals surface area (Å²) in [5, 5.41) is 0. The van der Waals surface area contributed by atoms with Gasteiger partial charge in [-0.1, -0.05) is 0 Å². The zero-order valence-electron chi connectivity index (χ0n) is 10.3. The zero-order valence-corrected chi connectivity index (χ0v) is 10.3. The number of nitrogens with two attached hydrogens (primary N) is 1. The number of benzene rings is 1. The van der Waals surface area contributed by atoms with Crippen LogP contribution in [0.1, 0.15) is 37.3 Å². The minimum absolute atomic E-state index is 0.150. The second kappa shape index (κ2) is 4.52. The van der Waals surface area contributed by atoms with E-state index < -0.39 is 0 Å². The van der Waals surface area contributed by atoms with Crippen LogP contribution in [0.15, 0.2) is 18.2 Å². The van der Waals surface area contributed by atoms with E-state index >= 15 is 0 Å². The molecule has 1 fully saturated rings. The fourth-order valence-corrected chi connectivity index (χ4v) is 2.98. The molecule has 0 saturated carbocycles. The standard InChI is InChI=1S/C14H18FNO2/c15-10-2-3-13-11(8-10)12(16)9-14(18-13)4-1-6-17-7-5-14/h2-3,8,12H,1,4-7,9,16H2/t12-,14?/m0/s1. The summed E-state index contributed by atoms with van der Waals surface area (Å²) < 4.78 is 24.9. The molecular weight excluding hydrogens is 233 g/mol. The third kappa shape index (κ3) is 2.10. The Morgan fingerprint density at radius 2 is 2.17 bits per heavy atom. The van der Waals surface area contributed by atoms with Crippen LogP contribution in [0, 0.1) is 5.82 Å². The monoisotopic (exact) mass is 251 g/mol. The van der Waals surface area contributed by atoms with E-state index in [1.807, 2.05) is 0 Å². The Morgan fingerprint density at radius 1 is 1.28 bits per heavy atom. The number of ether oxygens (including phenoxy) is 2. The minimum Gasteiger partial charge on any atom is -0.487 e. The Morgan fingerprint density at radius 3 is 3.06 bits per heavy atom. The van der Waals surface area contributed by atoms with Crippen molar-refractivity contribution < 1.29 is 13.9 Å². The van der Waals surface area contributed by atoms with Crippen molar-refractivity contribution in [3.63, 3.8) is 0 Å². The van der Waals surface area contributed by atoms with Crippen molar-refractivity contribution in [1.29, 1.82) is 0 Å². The van der Waals surface area contributed by atoms with Crippen LogP contribution in [0.2, 0.25) is 0 Å². The molecule has 4 heteroatoms. The first kappa shape index (κ1) is 11.9. The number of halogens is 1. The molecule has 1 saturated heterocycles. The van der Waals surface area contributed by atoms with Gasteiger partial charge in [-0.05, 0) is 31.0 Å². The molecule has 1 unspecified atom stereocenters. The summed E-state index contributed by atoms with van der Waals surface area (Å²) in [5.74, 6) is 0.477. The third-order valence-corrected chi connectivity index (χ3v) is 3.91. The summed E-state index contributed by atoms with van der Waals surface area (Å²) in [6.07, 6.45) is 3.55. The molecule has 0 radical (unpaired) electrons. The van der Waals surface area contributed by atoms with Crippen LogP contribution in [-0.2, 0) is 4.74 Å². The maximum Gasteiger partial charge on any atom is 0.125 e. The van der Waals surface area contributed by atoms with Gasteiger partial charge in [0.25, 0.3) is 0 Å². The van der Waals surface area contributed by atoms with Crippen LogP contribution < -0.4 is 10.5 Å². The second-order valence-electron chi connectivity index (χ2n) is 5.24. The average molecular weight is 251 g/mol. The molecule has 0 bridgehead atoms. The van der Waals surface area contributed by atoms with Crippen molar-refractivity contribution in [2.75, 3.05) is 13.2 Å². The van der Waals surface area contributed by atoms with Crippen LogP contribution in [0.5, 0.6) is 5.75 Å². The van der Waals surface area contributed by atoms with Gasteiger partial charge in [0.05, 0.1) is 6.61 Å². The van der Waals surface area contributed by atoms with Crippen molar-refractivity contribution >= 4 is 0 Å². The molecular formula is C14H18FNO2. The van der Waals surface area contributed by atoms with E-state index in [1.54, 1.807) is 6.07 Å². The lowest BCUT2D eigenvalue weighted by Crippen LogP contribution is -2.43.